The van der Waals surface area contributed by atoms with Gasteiger partial charge >= 0.3 is 5.97 Å². The standard InChI is InChI=1S/C10H9FO3/c11-8-3-1-2-7(6-8)10(9(12)13)4-5-14-10/h1-3,6H,4-5H2,(H,12,13). The monoisotopic (exact) mass is 196 g/mol. The molecule has 0 radical (unpaired) electrons. The number of carbonyl (C=O) groups is 1. The molecular weight excluding hydrogens is 187 g/mol. The Labute approximate surface area is 80.1 Å². The predicted molar refractivity (Wildman–Crippen MR) is 46.3 cm³/mol. The van der Waals surface area contributed by atoms with E-state index in [1.807, 2.05) is 0 Å². The van der Waals surface area contributed by atoms with Gasteiger partial charge in [0.2, 0.25) is 0 Å². The molecule has 1 saturated heterocycles. The van der Waals surface area contributed by atoms with Gasteiger partial charge in [-0.3, -0.25) is 0 Å². The second kappa shape index (κ2) is 3.06. The van der Waals surface area contributed by atoms with E-state index in [4.69, 9.17) is 9.84 Å². The summed E-state index contributed by atoms with van der Waals surface area (Å²) in [5.74, 6) is -1.51. The topological polar surface area (TPSA) is 46.5 Å². The molecule has 1 N–H and O–H groups in total. The van der Waals surface area contributed by atoms with Crippen LogP contribution < -0.4 is 0 Å². The van der Waals surface area contributed by atoms with E-state index in [0.717, 1.165) is 0 Å². The van der Waals surface area contributed by atoms with Crippen molar-refractivity contribution in [1.82, 2.24) is 0 Å². The Morgan fingerprint density at radius 3 is 2.71 bits per heavy atom. The number of carboxylic acids is 1. The summed E-state index contributed by atoms with van der Waals surface area (Å²) in [6.07, 6.45) is 0.395. The molecule has 14 heavy (non-hydrogen) atoms. The van der Waals surface area contributed by atoms with Crippen molar-refractivity contribution in [2.45, 2.75) is 12.0 Å². The summed E-state index contributed by atoms with van der Waals surface area (Å²) in [4.78, 5) is 11.0. The molecule has 0 aromatic heterocycles. The largest absolute Gasteiger partial charge is 0.479 e. The lowest BCUT2D eigenvalue weighted by Gasteiger charge is -2.38. The van der Waals surface area contributed by atoms with E-state index in [1.165, 1.54) is 18.2 Å². The highest BCUT2D eigenvalue weighted by Crippen LogP contribution is 2.37. The maximum atomic E-state index is 12.9. The number of rotatable bonds is 2. The molecular formula is C10H9FO3. The van der Waals surface area contributed by atoms with Gasteiger partial charge in [0.25, 0.3) is 0 Å². The van der Waals surface area contributed by atoms with Crippen LogP contribution in [0.2, 0.25) is 0 Å². The first kappa shape index (κ1) is 9.15. The van der Waals surface area contributed by atoms with Crippen molar-refractivity contribution >= 4 is 5.97 Å². The summed E-state index contributed by atoms with van der Waals surface area (Å²) in [6.45, 7) is 0.406. The molecule has 3 nitrogen and oxygen atoms in total. The molecule has 2 rings (SSSR count). The van der Waals surface area contributed by atoms with E-state index in [2.05, 4.69) is 0 Å². The van der Waals surface area contributed by atoms with Crippen molar-refractivity contribution < 1.29 is 19.0 Å². The minimum atomic E-state index is -1.32. The summed E-state index contributed by atoms with van der Waals surface area (Å²) >= 11 is 0. The number of hydrogen-bond acceptors (Lipinski definition) is 2. The molecule has 1 aliphatic heterocycles. The van der Waals surface area contributed by atoms with Crippen molar-refractivity contribution in [3.8, 4) is 0 Å². The molecule has 74 valence electrons. The first-order valence-corrected chi connectivity index (χ1v) is 4.28. The van der Waals surface area contributed by atoms with E-state index >= 15 is 0 Å². The van der Waals surface area contributed by atoms with Crippen LogP contribution in [0.1, 0.15) is 12.0 Å². The van der Waals surface area contributed by atoms with Crippen LogP contribution in [0.3, 0.4) is 0 Å². The summed E-state index contributed by atoms with van der Waals surface area (Å²) in [5.41, 5.74) is -0.946. The molecule has 1 aromatic rings. The highest BCUT2D eigenvalue weighted by molar-refractivity contribution is 5.80. The van der Waals surface area contributed by atoms with Crippen LogP contribution in [0.4, 0.5) is 4.39 Å². The normalized spacial score (nSPS) is 25.5. The molecule has 0 bridgehead atoms. The third kappa shape index (κ3) is 1.19. The highest BCUT2D eigenvalue weighted by Gasteiger charge is 2.47. The lowest BCUT2D eigenvalue weighted by Crippen LogP contribution is -2.47. The first-order valence-electron chi connectivity index (χ1n) is 4.28. The van der Waals surface area contributed by atoms with Crippen molar-refractivity contribution in [3.05, 3.63) is 35.6 Å². The van der Waals surface area contributed by atoms with Gasteiger partial charge in [0.05, 0.1) is 6.61 Å². The van der Waals surface area contributed by atoms with Gasteiger partial charge in [-0.2, -0.15) is 0 Å². The quantitative estimate of drug-likeness (QED) is 0.780. The summed E-state index contributed by atoms with van der Waals surface area (Å²) < 4.78 is 17.9. The van der Waals surface area contributed by atoms with Crippen molar-refractivity contribution in [2.24, 2.45) is 0 Å². The smallest absolute Gasteiger partial charge is 0.340 e. The van der Waals surface area contributed by atoms with Crippen molar-refractivity contribution in [3.63, 3.8) is 0 Å². The lowest BCUT2D eigenvalue weighted by atomic mass is 9.86. The Morgan fingerprint density at radius 2 is 2.29 bits per heavy atom. The van der Waals surface area contributed by atoms with E-state index in [9.17, 15) is 9.18 Å². The number of benzene rings is 1. The summed E-state index contributed by atoms with van der Waals surface area (Å²) in [7, 11) is 0. The zero-order valence-electron chi connectivity index (χ0n) is 7.37. The average molecular weight is 196 g/mol. The van der Waals surface area contributed by atoms with Crippen LogP contribution in [0, 0.1) is 5.82 Å². The zero-order chi connectivity index (χ0) is 10.2. The second-order valence-electron chi connectivity index (χ2n) is 3.24. The molecule has 1 atom stereocenters. The number of hydrogen-bond donors (Lipinski definition) is 1. The molecule has 1 aromatic carbocycles. The van der Waals surface area contributed by atoms with Gasteiger partial charge in [-0.25, -0.2) is 9.18 Å². The molecule has 0 saturated carbocycles. The molecule has 1 heterocycles. The third-order valence-electron chi connectivity index (χ3n) is 2.44. The first-order chi connectivity index (χ1) is 6.65. The molecule has 1 aliphatic rings. The Hall–Kier alpha value is -1.42. The zero-order valence-corrected chi connectivity index (χ0v) is 7.37. The molecule has 1 unspecified atom stereocenters. The van der Waals surface area contributed by atoms with Gasteiger partial charge in [0.1, 0.15) is 5.82 Å². The van der Waals surface area contributed by atoms with Crippen LogP contribution >= 0.6 is 0 Å². The predicted octanol–water partition coefficient (Wildman–Crippen LogP) is 1.53. The minimum Gasteiger partial charge on any atom is -0.479 e. The van der Waals surface area contributed by atoms with Crippen molar-refractivity contribution in [2.75, 3.05) is 6.61 Å². The van der Waals surface area contributed by atoms with Crippen LogP contribution in [-0.2, 0) is 15.1 Å². The summed E-state index contributed by atoms with van der Waals surface area (Å²) in [5, 5.41) is 8.98. The van der Waals surface area contributed by atoms with Gasteiger partial charge in [0, 0.05) is 6.42 Å². The van der Waals surface area contributed by atoms with E-state index in [0.29, 0.717) is 18.6 Å². The number of carboxylic acid groups (broad SMARTS) is 1. The Kier molecular flexibility index (Phi) is 2.00. The van der Waals surface area contributed by atoms with Crippen LogP contribution in [-0.4, -0.2) is 17.7 Å². The number of aliphatic carboxylic acids is 1. The fraction of sp³-hybridized carbons (Fsp3) is 0.300. The van der Waals surface area contributed by atoms with Crippen molar-refractivity contribution in [1.29, 1.82) is 0 Å². The maximum absolute atomic E-state index is 12.9. The molecule has 0 spiro atoms. The SMILES string of the molecule is O=C(O)C1(c2cccc(F)c2)CCO1. The summed E-state index contributed by atoms with van der Waals surface area (Å²) in [6, 6.07) is 5.53. The molecule has 0 aliphatic carbocycles. The van der Waals surface area contributed by atoms with Gasteiger partial charge in [-0.05, 0) is 17.7 Å². The number of halogens is 1. The van der Waals surface area contributed by atoms with Gasteiger partial charge in [-0.1, -0.05) is 12.1 Å². The van der Waals surface area contributed by atoms with Crippen LogP contribution in [0.5, 0.6) is 0 Å². The van der Waals surface area contributed by atoms with Gasteiger partial charge < -0.3 is 9.84 Å². The van der Waals surface area contributed by atoms with Crippen LogP contribution in [0.15, 0.2) is 24.3 Å². The fourth-order valence-electron chi connectivity index (χ4n) is 1.57. The Morgan fingerprint density at radius 1 is 1.57 bits per heavy atom. The third-order valence-corrected chi connectivity index (χ3v) is 2.44. The van der Waals surface area contributed by atoms with Gasteiger partial charge in [0.15, 0.2) is 5.60 Å². The van der Waals surface area contributed by atoms with E-state index in [1.54, 1.807) is 6.07 Å². The fourth-order valence-corrected chi connectivity index (χ4v) is 1.57. The molecule has 0 amide bonds. The average Bonchev–Trinajstić information content (AvgIpc) is 2.00. The van der Waals surface area contributed by atoms with Gasteiger partial charge in [-0.15, -0.1) is 0 Å². The highest BCUT2D eigenvalue weighted by atomic mass is 19.1. The Balaban J connectivity index is 2.42. The molecule has 4 heteroatoms. The minimum absolute atomic E-state index is 0.372. The van der Waals surface area contributed by atoms with E-state index < -0.39 is 17.4 Å². The Bertz CT molecular complexity index is 371. The maximum Gasteiger partial charge on any atom is 0.340 e. The number of ether oxygens (including phenoxy) is 1. The lowest BCUT2D eigenvalue weighted by molar-refractivity contribution is -0.197. The van der Waals surface area contributed by atoms with E-state index in [-0.39, 0.29) is 0 Å². The van der Waals surface area contributed by atoms with Crippen LogP contribution in [0.25, 0.3) is 0 Å². The second-order valence-corrected chi connectivity index (χ2v) is 3.24. The molecule has 1 fully saturated rings.